The first-order chi connectivity index (χ1) is 9.33. The summed E-state index contributed by atoms with van der Waals surface area (Å²) in [6.45, 7) is 4.76. The molecule has 1 amide bonds. The van der Waals surface area contributed by atoms with Gasteiger partial charge in [0.15, 0.2) is 0 Å². The molecule has 0 fully saturated rings. The second kappa shape index (κ2) is 10.4. The van der Waals surface area contributed by atoms with Crippen molar-refractivity contribution in [3.63, 3.8) is 0 Å². The fourth-order valence-electron chi connectivity index (χ4n) is 1.67. The second-order valence-corrected chi connectivity index (χ2v) is 4.44. The average molecular weight is 264 g/mol. The van der Waals surface area contributed by atoms with Crippen molar-refractivity contribution in [2.24, 2.45) is 0 Å². The topological polar surface area (TPSA) is 50.4 Å². The number of hydrogen-bond donors (Lipinski definition) is 2. The molecule has 0 radical (unpaired) electrons. The van der Waals surface area contributed by atoms with Crippen LogP contribution in [0.1, 0.15) is 32.6 Å². The van der Waals surface area contributed by atoms with Crippen LogP contribution in [0.15, 0.2) is 30.3 Å². The van der Waals surface area contributed by atoms with Crippen molar-refractivity contribution in [3.05, 3.63) is 30.3 Å². The van der Waals surface area contributed by atoms with Crippen molar-refractivity contribution in [2.75, 3.05) is 25.0 Å². The highest BCUT2D eigenvalue weighted by Crippen LogP contribution is 2.05. The maximum atomic E-state index is 11.4. The Morgan fingerprint density at radius 1 is 1.11 bits per heavy atom. The predicted molar refractivity (Wildman–Crippen MR) is 78.4 cm³/mol. The van der Waals surface area contributed by atoms with Crippen molar-refractivity contribution in [1.29, 1.82) is 0 Å². The molecule has 106 valence electrons. The highest BCUT2D eigenvalue weighted by atomic mass is 16.5. The molecule has 0 aliphatic rings. The summed E-state index contributed by atoms with van der Waals surface area (Å²) in [4.78, 5) is 11.4. The number of anilines is 1. The SMILES string of the molecule is CCCNCCCCCOC(=O)Nc1ccccc1. The number of para-hydroxylation sites is 1. The number of ether oxygens (including phenoxy) is 1. The third-order valence-electron chi connectivity index (χ3n) is 2.68. The molecule has 0 aliphatic heterocycles. The zero-order chi connectivity index (χ0) is 13.8. The van der Waals surface area contributed by atoms with E-state index in [9.17, 15) is 4.79 Å². The Bertz CT molecular complexity index is 341. The van der Waals surface area contributed by atoms with Crippen LogP contribution in [0.3, 0.4) is 0 Å². The summed E-state index contributed by atoms with van der Waals surface area (Å²) < 4.78 is 5.10. The van der Waals surface area contributed by atoms with Crippen LogP contribution < -0.4 is 10.6 Å². The monoisotopic (exact) mass is 264 g/mol. The van der Waals surface area contributed by atoms with Gasteiger partial charge in [-0.3, -0.25) is 5.32 Å². The molecule has 0 atom stereocenters. The number of amides is 1. The van der Waals surface area contributed by atoms with Gasteiger partial charge in [0.05, 0.1) is 6.61 Å². The lowest BCUT2D eigenvalue weighted by Gasteiger charge is -2.07. The van der Waals surface area contributed by atoms with Crippen LogP contribution in [0.4, 0.5) is 10.5 Å². The molecule has 0 saturated heterocycles. The van der Waals surface area contributed by atoms with Crippen LogP contribution in [0.2, 0.25) is 0 Å². The molecule has 0 bridgehead atoms. The Morgan fingerprint density at radius 2 is 1.89 bits per heavy atom. The van der Waals surface area contributed by atoms with E-state index in [2.05, 4.69) is 17.6 Å². The Kier molecular flexibility index (Phi) is 8.47. The van der Waals surface area contributed by atoms with Gasteiger partial charge in [0.2, 0.25) is 0 Å². The highest BCUT2D eigenvalue weighted by molar-refractivity contribution is 5.84. The lowest BCUT2D eigenvalue weighted by molar-refractivity contribution is 0.159. The van der Waals surface area contributed by atoms with Crippen molar-refractivity contribution in [2.45, 2.75) is 32.6 Å². The van der Waals surface area contributed by atoms with Gasteiger partial charge in [-0.05, 0) is 50.9 Å². The molecule has 2 N–H and O–H groups in total. The molecule has 0 unspecified atom stereocenters. The van der Waals surface area contributed by atoms with E-state index in [4.69, 9.17) is 4.74 Å². The van der Waals surface area contributed by atoms with Gasteiger partial charge in [-0.2, -0.15) is 0 Å². The molecule has 19 heavy (non-hydrogen) atoms. The summed E-state index contributed by atoms with van der Waals surface area (Å²) in [6.07, 6.45) is 3.91. The van der Waals surface area contributed by atoms with Crippen LogP contribution >= 0.6 is 0 Å². The van der Waals surface area contributed by atoms with Gasteiger partial charge in [-0.15, -0.1) is 0 Å². The maximum Gasteiger partial charge on any atom is 0.411 e. The van der Waals surface area contributed by atoms with Crippen molar-refractivity contribution in [1.82, 2.24) is 5.32 Å². The minimum absolute atomic E-state index is 0.379. The quantitative estimate of drug-likeness (QED) is 0.672. The Morgan fingerprint density at radius 3 is 2.63 bits per heavy atom. The van der Waals surface area contributed by atoms with Gasteiger partial charge in [-0.1, -0.05) is 25.1 Å². The third-order valence-corrected chi connectivity index (χ3v) is 2.68. The van der Waals surface area contributed by atoms with E-state index in [1.54, 1.807) is 0 Å². The van der Waals surface area contributed by atoms with Crippen molar-refractivity contribution in [3.8, 4) is 0 Å². The first-order valence-electron chi connectivity index (χ1n) is 7.02. The van der Waals surface area contributed by atoms with E-state index in [1.807, 2.05) is 30.3 Å². The second-order valence-electron chi connectivity index (χ2n) is 4.44. The Balaban J connectivity index is 1.96. The number of benzene rings is 1. The van der Waals surface area contributed by atoms with Gasteiger partial charge >= 0.3 is 6.09 Å². The molecule has 0 spiro atoms. The van der Waals surface area contributed by atoms with E-state index >= 15 is 0 Å². The molecule has 0 saturated carbocycles. The van der Waals surface area contributed by atoms with E-state index in [1.165, 1.54) is 6.42 Å². The molecular weight excluding hydrogens is 240 g/mol. The van der Waals surface area contributed by atoms with Crippen LogP contribution in [-0.4, -0.2) is 25.8 Å². The molecule has 0 aliphatic carbocycles. The van der Waals surface area contributed by atoms with E-state index in [0.29, 0.717) is 6.61 Å². The Hall–Kier alpha value is -1.55. The zero-order valence-corrected chi connectivity index (χ0v) is 11.7. The summed E-state index contributed by atoms with van der Waals surface area (Å²) in [5, 5.41) is 6.03. The van der Waals surface area contributed by atoms with Gasteiger partial charge in [-0.25, -0.2) is 4.79 Å². The molecular formula is C15H24N2O2. The van der Waals surface area contributed by atoms with E-state index in [-0.39, 0.29) is 6.09 Å². The number of unbranched alkanes of at least 4 members (excludes halogenated alkanes) is 2. The largest absolute Gasteiger partial charge is 0.449 e. The normalized spacial score (nSPS) is 10.2. The fraction of sp³-hybridized carbons (Fsp3) is 0.533. The summed E-state index contributed by atoms with van der Waals surface area (Å²) >= 11 is 0. The predicted octanol–water partition coefficient (Wildman–Crippen LogP) is 3.41. The average Bonchev–Trinajstić information content (AvgIpc) is 2.43. The maximum absolute atomic E-state index is 11.4. The number of hydrogen-bond acceptors (Lipinski definition) is 3. The van der Waals surface area contributed by atoms with Gasteiger partial charge in [0, 0.05) is 5.69 Å². The molecule has 1 aromatic carbocycles. The first-order valence-corrected chi connectivity index (χ1v) is 7.02. The summed E-state index contributed by atoms with van der Waals surface area (Å²) in [7, 11) is 0. The van der Waals surface area contributed by atoms with Gasteiger partial charge in [0.25, 0.3) is 0 Å². The molecule has 1 rings (SSSR count). The standard InChI is InChI=1S/C15H24N2O2/c1-2-11-16-12-7-4-8-13-19-15(18)17-14-9-5-3-6-10-14/h3,5-6,9-10,16H,2,4,7-8,11-13H2,1H3,(H,17,18). The first kappa shape index (κ1) is 15.5. The molecule has 4 nitrogen and oxygen atoms in total. The number of carbonyl (C=O) groups excluding carboxylic acids is 1. The van der Waals surface area contributed by atoms with Crippen LogP contribution in [0.5, 0.6) is 0 Å². The molecule has 0 aromatic heterocycles. The highest BCUT2D eigenvalue weighted by Gasteiger charge is 2.01. The fourth-order valence-corrected chi connectivity index (χ4v) is 1.67. The van der Waals surface area contributed by atoms with Gasteiger partial charge < -0.3 is 10.1 Å². The van der Waals surface area contributed by atoms with Crippen molar-refractivity contribution >= 4 is 11.8 Å². The van der Waals surface area contributed by atoms with E-state index in [0.717, 1.165) is 38.0 Å². The smallest absolute Gasteiger partial charge is 0.411 e. The lowest BCUT2D eigenvalue weighted by Crippen LogP contribution is -2.16. The van der Waals surface area contributed by atoms with Crippen LogP contribution in [0, 0.1) is 0 Å². The van der Waals surface area contributed by atoms with Crippen molar-refractivity contribution < 1.29 is 9.53 Å². The lowest BCUT2D eigenvalue weighted by atomic mass is 10.2. The minimum Gasteiger partial charge on any atom is -0.449 e. The minimum atomic E-state index is -0.379. The zero-order valence-electron chi connectivity index (χ0n) is 11.7. The summed E-state index contributed by atoms with van der Waals surface area (Å²) in [5.74, 6) is 0. The van der Waals surface area contributed by atoms with E-state index < -0.39 is 0 Å². The van der Waals surface area contributed by atoms with Crippen LogP contribution in [0.25, 0.3) is 0 Å². The molecule has 4 heteroatoms. The summed E-state index contributed by atoms with van der Waals surface area (Å²) in [5.41, 5.74) is 0.760. The summed E-state index contributed by atoms with van der Waals surface area (Å²) in [6, 6.07) is 9.32. The number of nitrogens with one attached hydrogen (secondary N) is 2. The number of carbonyl (C=O) groups is 1. The van der Waals surface area contributed by atoms with Gasteiger partial charge in [0.1, 0.15) is 0 Å². The number of rotatable bonds is 9. The van der Waals surface area contributed by atoms with Crippen LogP contribution in [-0.2, 0) is 4.74 Å². The molecule has 0 heterocycles. The molecule has 1 aromatic rings. The Labute approximate surface area is 115 Å². The third kappa shape index (κ3) is 8.21.